The molecule has 0 radical (unpaired) electrons. The Morgan fingerprint density at radius 3 is 2.77 bits per heavy atom. The van der Waals surface area contributed by atoms with Crippen molar-refractivity contribution in [2.45, 2.75) is 25.8 Å². The van der Waals surface area contributed by atoms with E-state index in [1.54, 1.807) is 13.0 Å². The molecule has 0 saturated carbocycles. The normalized spacial score (nSPS) is 16.1. The Morgan fingerprint density at radius 2 is 2.18 bits per heavy atom. The number of nitrogens with one attached hydrogen (secondary N) is 1. The maximum absolute atomic E-state index is 13.7. The second-order valence-corrected chi connectivity index (χ2v) is 5.05. The van der Waals surface area contributed by atoms with Gasteiger partial charge in [-0.2, -0.15) is 5.10 Å². The van der Waals surface area contributed by atoms with Gasteiger partial charge >= 0.3 is 0 Å². The summed E-state index contributed by atoms with van der Waals surface area (Å²) in [5.41, 5.74) is 0.912. The van der Waals surface area contributed by atoms with E-state index in [4.69, 9.17) is 4.74 Å². The largest absolute Gasteiger partial charge is 0.494 e. The van der Waals surface area contributed by atoms with E-state index >= 15 is 0 Å². The Hall–Kier alpha value is -2.44. The van der Waals surface area contributed by atoms with E-state index in [1.165, 1.54) is 26.3 Å². The molecule has 1 aliphatic heterocycles. The molecule has 1 N–H and O–H groups in total. The van der Waals surface area contributed by atoms with Gasteiger partial charge in [0.15, 0.2) is 11.6 Å². The monoisotopic (exact) mass is 307 g/mol. The fraction of sp³-hybridized carbons (Fsp3) is 0.400. The summed E-state index contributed by atoms with van der Waals surface area (Å²) in [4.78, 5) is 23.5. The van der Waals surface area contributed by atoms with Crippen LogP contribution in [0.2, 0.25) is 0 Å². The van der Waals surface area contributed by atoms with Gasteiger partial charge in [-0.15, -0.1) is 0 Å². The minimum absolute atomic E-state index is 0.123. The summed E-state index contributed by atoms with van der Waals surface area (Å²) in [5, 5.41) is 7.86. The lowest BCUT2D eigenvalue weighted by molar-refractivity contribution is -0.130. The highest BCUT2D eigenvalue weighted by Crippen LogP contribution is 2.21. The Labute approximate surface area is 127 Å². The van der Waals surface area contributed by atoms with Gasteiger partial charge in [-0.1, -0.05) is 6.07 Å². The second kappa shape index (κ2) is 6.55. The number of rotatable bonds is 4. The molecule has 1 unspecified atom stereocenters. The van der Waals surface area contributed by atoms with Crippen molar-refractivity contribution in [3.05, 3.63) is 29.6 Å². The maximum Gasteiger partial charge on any atom is 0.267 e. The summed E-state index contributed by atoms with van der Waals surface area (Å²) in [6, 6.07) is 4.13. The van der Waals surface area contributed by atoms with Crippen molar-refractivity contribution in [2.24, 2.45) is 5.10 Å². The highest BCUT2D eigenvalue weighted by molar-refractivity contribution is 6.39. The molecule has 1 atom stereocenters. The molecule has 0 aromatic heterocycles. The zero-order valence-corrected chi connectivity index (χ0v) is 12.7. The summed E-state index contributed by atoms with van der Waals surface area (Å²) in [6.45, 7) is 1.75. The number of amides is 2. The van der Waals surface area contributed by atoms with E-state index in [2.05, 4.69) is 10.4 Å². The fourth-order valence-corrected chi connectivity index (χ4v) is 2.15. The first-order valence-electron chi connectivity index (χ1n) is 6.90. The van der Waals surface area contributed by atoms with Crippen LogP contribution in [-0.4, -0.2) is 36.7 Å². The Balaban J connectivity index is 2.07. The molecule has 2 amide bonds. The number of hydrazone groups is 1. The minimum Gasteiger partial charge on any atom is -0.494 e. The number of hydrogen-bond acceptors (Lipinski definition) is 4. The summed E-state index contributed by atoms with van der Waals surface area (Å²) in [5.74, 6) is -0.814. The molecule has 2 rings (SSSR count). The number of halogens is 1. The molecule has 0 fully saturated rings. The van der Waals surface area contributed by atoms with Gasteiger partial charge in [0.05, 0.1) is 13.2 Å². The molecular formula is C15H18FN3O3. The van der Waals surface area contributed by atoms with Crippen molar-refractivity contribution >= 4 is 17.5 Å². The van der Waals surface area contributed by atoms with E-state index in [9.17, 15) is 14.0 Å². The van der Waals surface area contributed by atoms with Crippen LogP contribution < -0.4 is 10.1 Å². The van der Waals surface area contributed by atoms with Gasteiger partial charge < -0.3 is 10.1 Å². The molecule has 7 heteroatoms. The van der Waals surface area contributed by atoms with Crippen LogP contribution in [0.25, 0.3) is 0 Å². The van der Waals surface area contributed by atoms with Crippen molar-refractivity contribution < 1.29 is 18.7 Å². The van der Waals surface area contributed by atoms with E-state index in [0.29, 0.717) is 17.7 Å². The lowest BCUT2D eigenvalue weighted by Crippen LogP contribution is -2.38. The van der Waals surface area contributed by atoms with Crippen LogP contribution in [0.1, 0.15) is 31.4 Å². The van der Waals surface area contributed by atoms with Crippen LogP contribution in [-0.2, 0) is 9.59 Å². The molecule has 1 heterocycles. The van der Waals surface area contributed by atoms with Gasteiger partial charge in [0, 0.05) is 19.9 Å². The van der Waals surface area contributed by atoms with Crippen LogP contribution in [0.15, 0.2) is 23.3 Å². The van der Waals surface area contributed by atoms with Crippen molar-refractivity contribution in [1.82, 2.24) is 10.3 Å². The van der Waals surface area contributed by atoms with E-state index in [0.717, 1.165) is 5.01 Å². The molecule has 22 heavy (non-hydrogen) atoms. The highest BCUT2D eigenvalue weighted by Gasteiger charge is 2.23. The first kappa shape index (κ1) is 15.9. The molecule has 0 spiro atoms. The predicted molar refractivity (Wildman–Crippen MR) is 78.9 cm³/mol. The summed E-state index contributed by atoms with van der Waals surface area (Å²) < 4.78 is 18.6. The third-order valence-electron chi connectivity index (χ3n) is 3.49. The molecule has 118 valence electrons. The Morgan fingerprint density at radius 1 is 1.45 bits per heavy atom. The first-order valence-corrected chi connectivity index (χ1v) is 6.90. The van der Waals surface area contributed by atoms with Crippen molar-refractivity contribution in [1.29, 1.82) is 0 Å². The number of nitrogens with zero attached hydrogens (tertiary/aromatic N) is 2. The number of benzene rings is 1. The number of ether oxygens (including phenoxy) is 1. The number of hydrogen-bond donors (Lipinski definition) is 1. The van der Waals surface area contributed by atoms with Crippen LogP contribution in [0, 0.1) is 5.82 Å². The summed E-state index contributed by atoms with van der Waals surface area (Å²) in [7, 11) is 2.90. The van der Waals surface area contributed by atoms with Crippen LogP contribution >= 0.6 is 0 Å². The van der Waals surface area contributed by atoms with Crippen molar-refractivity contribution in [3.8, 4) is 5.75 Å². The zero-order chi connectivity index (χ0) is 16.3. The van der Waals surface area contributed by atoms with Crippen molar-refractivity contribution in [3.63, 3.8) is 0 Å². The second-order valence-electron chi connectivity index (χ2n) is 5.05. The van der Waals surface area contributed by atoms with Gasteiger partial charge in [0.2, 0.25) is 5.91 Å². The molecule has 0 aliphatic carbocycles. The van der Waals surface area contributed by atoms with E-state index < -0.39 is 11.9 Å². The topological polar surface area (TPSA) is 71.0 Å². The number of carbonyl (C=O) groups is 2. The third-order valence-corrected chi connectivity index (χ3v) is 3.49. The maximum atomic E-state index is 13.7. The molecule has 1 aromatic carbocycles. The Kier molecular flexibility index (Phi) is 4.75. The third kappa shape index (κ3) is 3.41. The van der Waals surface area contributed by atoms with Gasteiger partial charge in [-0.3, -0.25) is 9.59 Å². The minimum atomic E-state index is -0.485. The predicted octanol–water partition coefficient (Wildman–Crippen LogP) is 1.62. The molecule has 0 saturated heterocycles. The standard InChI is InChI=1S/C15H18FN3O3/c1-9(10-4-6-13(22-3)11(16)8-10)17-15(21)12-5-7-14(20)19(2)18-12/h4,6,8-9H,5,7H2,1-3H3,(H,17,21). The van der Waals surface area contributed by atoms with Gasteiger partial charge in [-0.05, 0) is 24.6 Å². The molecule has 6 nitrogen and oxygen atoms in total. The number of carbonyl (C=O) groups excluding carboxylic acids is 2. The quantitative estimate of drug-likeness (QED) is 0.919. The molecule has 0 bridgehead atoms. The van der Waals surface area contributed by atoms with Crippen LogP contribution in [0.4, 0.5) is 4.39 Å². The zero-order valence-electron chi connectivity index (χ0n) is 12.7. The number of methoxy groups -OCH3 is 1. The first-order chi connectivity index (χ1) is 10.4. The lowest BCUT2D eigenvalue weighted by Gasteiger charge is -2.21. The van der Waals surface area contributed by atoms with Crippen molar-refractivity contribution in [2.75, 3.05) is 14.2 Å². The molecule has 1 aliphatic rings. The lowest BCUT2D eigenvalue weighted by atomic mass is 10.1. The molecular weight excluding hydrogens is 289 g/mol. The SMILES string of the molecule is COc1ccc(C(C)NC(=O)C2=NN(C)C(=O)CC2)cc1F. The highest BCUT2D eigenvalue weighted by atomic mass is 19.1. The summed E-state index contributed by atoms with van der Waals surface area (Å²) >= 11 is 0. The van der Waals surface area contributed by atoms with Crippen LogP contribution in [0.5, 0.6) is 5.75 Å². The van der Waals surface area contributed by atoms with Gasteiger partial charge in [-0.25, -0.2) is 9.40 Å². The smallest absolute Gasteiger partial charge is 0.267 e. The van der Waals surface area contributed by atoms with Gasteiger partial charge in [0.1, 0.15) is 5.71 Å². The van der Waals surface area contributed by atoms with Crippen LogP contribution in [0.3, 0.4) is 0 Å². The van der Waals surface area contributed by atoms with Gasteiger partial charge in [0.25, 0.3) is 5.91 Å². The summed E-state index contributed by atoms with van der Waals surface area (Å²) in [6.07, 6.45) is 0.562. The van der Waals surface area contributed by atoms with E-state index in [1.807, 2.05) is 0 Å². The Bertz CT molecular complexity index is 630. The fourth-order valence-electron chi connectivity index (χ4n) is 2.15. The average Bonchev–Trinajstić information content (AvgIpc) is 2.49. The van der Waals surface area contributed by atoms with E-state index in [-0.39, 0.29) is 24.0 Å². The molecule has 1 aromatic rings. The average molecular weight is 307 g/mol.